The minimum Gasteiger partial charge on any atom is -0.490 e. The van der Waals surface area contributed by atoms with Gasteiger partial charge in [0, 0.05) is 5.56 Å². The molecule has 3 aromatic carbocycles. The van der Waals surface area contributed by atoms with Crippen LogP contribution in [0.1, 0.15) is 35.3 Å². The molecule has 0 aliphatic heterocycles. The average Bonchev–Trinajstić information content (AvgIpc) is 2.88. The first-order valence-electron chi connectivity index (χ1n) is 11.3. The molecule has 0 saturated heterocycles. The summed E-state index contributed by atoms with van der Waals surface area (Å²) in [4.78, 5) is 12.7. The maximum atomic E-state index is 12.7. The zero-order valence-corrected chi connectivity index (χ0v) is 22.3. The van der Waals surface area contributed by atoms with Crippen LogP contribution < -0.4 is 24.4 Å². The number of nitrogens with one attached hydrogen (secondary N) is 1. The Labute approximate surface area is 224 Å². The Morgan fingerprint density at radius 2 is 1.72 bits per heavy atom. The van der Waals surface area contributed by atoms with Crippen molar-refractivity contribution in [2.75, 3.05) is 19.8 Å². The third-order valence-electron chi connectivity index (χ3n) is 4.75. The number of hydrazone groups is 1. The largest absolute Gasteiger partial charge is 0.490 e. The van der Waals surface area contributed by atoms with Gasteiger partial charge in [0.2, 0.25) is 0 Å². The maximum Gasteiger partial charge on any atom is 0.271 e. The summed E-state index contributed by atoms with van der Waals surface area (Å²) >= 11 is 2.14. The summed E-state index contributed by atoms with van der Waals surface area (Å²) in [6.45, 7) is 5.19. The molecule has 1 amide bonds. The van der Waals surface area contributed by atoms with E-state index >= 15 is 0 Å². The summed E-state index contributed by atoms with van der Waals surface area (Å²) < 4.78 is 23.7. The fourth-order valence-electron chi connectivity index (χ4n) is 3.18. The normalized spacial score (nSPS) is 10.5. The number of terminal acetylenes is 1. The van der Waals surface area contributed by atoms with Crippen molar-refractivity contribution in [3.8, 4) is 35.3 Å². The molecule has 0 saturated carbocycles. The molecule has 0 atom stereocenters. The molecule has 3 aromatic rings. The van der Waals surface area contributed by atoms with Gasteiger partial charge in [-0.1, -0.05) is 36.3 Å². The lowest BCUT2D eigenvalue weighted by Crippen LogP contribution is -2.17. The highest BCUT2D eigenvalue weighted by atomic mass is 127. The van der Waals surface area contributed by atoms with Gasteiger partial charge in [0.25, 0.3) is 5.91 Å². The summed E-state index contributed by atoms with van der Waals surface area (Å²) in [5, 5.41) is 4.10. The molecule has 0 fully saturated rings. The lowest BCUT2D eigenvalue weighted by Gasteiger charge is -2.13. The smallest absolute Gasteiger partial charge is 0.271 e. The highest BCUT2D eigenvalue weighted by Gasteiger charge is 2.13. The average molecular weight is 598 g/mol. The van der Waals surface area contributed by atoms with E-state index in [1.54, 1.807) is 24.3 Å². The van der Waals surface area contributed by atoms with E-state index in [4.69, 9.17) is 25.4 Å². The molecule has 3 rings (SSSR count). The topological polar surface area (TPSA) is 78.4 Å². The Morgan fingerprint density at radius 1 is 0.972 bits per heavy atom. The molecule has 0 aliphatic carbocycles. The second kappa shape index (κ2) is 14.0. The summed E-state index contributed by atoms with van der Waals surface area (Å²) in [6, 6.07) is 18.5. The van der Waals surface area contributed by atoms with Crippen LogP contribution in [0.25, 0.3) is 0 Å². The minimum absolute atomic E-state index is 0.138. The van der Waals surface area contributed by atoms with Crippen LogP contribution in [0.2, 0.25) is 0 Å². The number of amides is 1. The quantitative estimate of drug-likeness (QED) is 0.130. The van der Waals surface area contributed by atoms with Gasteiger partial charge in [0.05, 0.1) is 23.0 Å². The maximum absolute atomic E-state index is 12.7. The van der Waals surface area contributed by atoms with Crippen molar-refractivity contribution in [1.29, 1.82) is 0 Å². The molecule has 0 heterocycles. The molecule has 0 radical (unpaired) electrons. The van der Waals surface area contributed by atoms with E-state index in [-0.39, 0.29) is 12.5 Å². The van der Waals surface area contributed by atoms with Gasteiger partial charge in [-0.3, -0.25) is 4.79 Å². The van der Waals surface area contributed by atoms with Crippen LogP contribution in [0.3, 0.4) is 0 Å². The number of nitrogens with zero attached hydrogens (tertiary/aromatic N) is 1. The first-order chi connectivity index (χ1) is 17.5. The first-order valence-corrected chi connectivity index (χ1v) is 12.4. The van der Waals surface area contributed by atoms with Crippen LogP contribution in [0.5, 0.6) is 23.0 Å². The third-order valence-corrected chi connectivity index (χ3v) is 5.56. The Bertz CT molecular complexity index is 1240. The Hall–Kier alpha value is -3.71. The number of rotatable bonds is 12. The van der Waals surface area contributed by atoms with E-state index in [1.165, 1.54) is 6.21 Å². The molecule has 8 heteroatoms. The molecule has 36 heavy (non-hydrogen) atoms. The lowest BCUT2D eigenvalue weighted by molar-refractivity contribution is 0.0954. The van der Waals surface area contributed by atoms with Gasteiger partial charge in [-0.05, 0) is 77.9 Å². The standard InChI is InChI=1S/C28H27IN2O5/c1-4-14-35-27-23(29)15-21(16-26(27)34-6-3)18-30-31-28(32)22-12-13-24(25(17-22)33-5-2)36-19-20-10-8-7-9-11-20/h1,7-13,15-18H,5-6,14,19H2,2-3H3,(H,31,32)/b30-18+. The summed E-state index contributed by atoms with van der Waals surface area (Å²) in [5.74, 6) is 4.25. The van der Waals surface area contributed by atoms with Gasteiger partial charge >= 0.3 is 0 Å². The summed E-state index contributed by atoms with van der Waals surface area (Å²) in [7, 11) is 0. The summed E-state index contributed by atoms with van der Waals surface area (Å²) in [5.41, 5.74) is 4.71. The molecule has 0 aromatic heterocycles. The predicted octanol–water partition coefficient (Wildman–Crippen LogP) is 5.44. The monoisotopic (exact) mass is 598 g/mol. The number of carbonyl (C=O) groups is 1. The SMILES string of the molecule is C#CCOc1c(I)cc(/C=N/NC(=O)c2ccc(OCc3ccccc3)c(OCC)c2)cc1OCC. The van der Waals surface area contributed by atoms with E-state index in [1.807, 2.05) is 50.2 Å². The Kier molecular flexibility index (Phi) is 10.5. The number of halogens is 1. The number of hydrogen-bond donors (Lipinski definition) is 1. The van der Waals surface area contributed by atoms with E-state index in [0.717, 1.165) is 14.7 Å². The first kappa shape index (κ1) is 26.9. The molecule has 0 spiro atoms. The van der Waals surface area contributed by atoms with Crippen molar-refractivity contribution < 1.29 is 23.7 Å². The van der Waals surface area contributed by atoms with Crippen LogP contribution in [0, 0.1) is 15.9 Å². The molecular weight excluding hydrogens is 571 g/mol. The van der Waals surface area contributed by atoms with Crippen LogP contribution in [-0.2, 0) is 6.61 Å². The van der Waals surface area contributed by atoms with Crippen LogP contribution in [0.15, 0.2) is 65.8 Å². The molecule has 7 nitrogen and oxygen atoms in total. The van der Waals surface area contributed by atoms with Crippen LogP contribution >= 0.6 is 22.6 Å². The van der Waals surface area contributed by atoms with Crippen LogP contribution in [-0.4, -0.2) is 31.9 Å². The Balaban J connectivity index is 1.69. The van der Waals surface area contributed by atoms with E-state index in [0.29, 0.717) is 48.4 Å². The second-order valence-corrected chi connectivity index (χ2v) is 8.49. The van der Waals surface area contributed by atoms with Crippen molar-refractivity contribution in [2.45, 2.75) is 20.5 Å². The highest BCUT2D eigenvalue weighted by Crippen LogP contribution is 2.34. The van der Waals surface area contributed by atoms with Crippen molar-refractivity contribution in [3.05, 3.63) is 80.9 Å². The zero-order chi connectivity index (χ0) is 25.8. The second-order valence-electron chi connectivity index (χ2n) is 7.32. The highest BCUT2D eigenvalue weighted by molar-refractivity contribution is 14.1. The number of benzene rings is 3. The predicted molar refractivity (Wildman–Crippen MR) is 148 cm³/mol. The molecule has 0 aliphatic rings. The van der Waals surface area contributed by atoms with Gasteiger partial charge in [-0.15, -0.1) is 6.42 Å². The van der Waals surface area contributed by atoms with E-state index in [2.05, 4.69) is 39.0 Å². The van der Waals surface area contributed by atoms with Gasteiger partial charge in [0.15, 0.2) is 23.0 Å². The van der Waals surface area contributed by atoms with Crippen molar-refractivity contribution >= 4 is 34.7 Å². The molecule has 0 bridgehead atoms. The van der Waals surface area contributed by atoms with Crippen molar-refractivity contribution in [1.82, 2.24) is 5.43 Å². The Morgan fingerprint density at radius 3 is 2.44 bits per heavy atom. The van der Waals surface area contributed by atoms with E-state index in [9.17, 15) is 4.79 Å². The molecule has 186 valence electrons. The number of hydrogen-bond acceptors (Lipinski definition) is 6. The van der Waals surface area contributed by atoms with Crippen LogP contribution in [0.4, 0.5) is 0 Å². The number of ether oxygens (including phenoxy) is 4. The van der Waals surface area contributed by atoms with Crippen molar-refractivity contribution in [2.24, 2.45) is 5.10 Å². The van der Waals surface area contributed by atoms with Gasteiger partial charge in [-0.2, -0.15) is 5.10 Å². The molecule has 1 N–H and O–H groups in total. The zero-order valence-electron chi connectivity index (χ0n) is 20.1. The fourth-order valence-corrected chi connectivity index (χ4v) is 3.96. The van der Waals surface area contributed by atoms with Gasteiger partial charge in [0.1, 0.15) is 13.2 Å². The van der Waals surface area contributed by atoms with E-state index < -0.39 is 0 Å². The molecule has 0 unspecified atom stereocenters. The minimum atomic E-state index is -0.379. The van der Waals surface area contributed by atoms with Gasteiger partial charge < -0.3 is 18.9 Å². The van der Waals surface area contributed by atoms with Gasteiger partial charge in [-0.25, -0.2) is 5.43 Å². The van der Waals surface area contributed by atoms with Crippen molar-refractivity contribution in [3.63, 3.8) is 0 Å². The fraction of sp³-hybridized carbons (Fsp3) is 0.214. The number of carbonyl (C=O) groups excluding carboxylic acids is 1. The lowest BCUT2D eigenvalue weighted by atomic mass is 10.2. The molecular formula is C28H27IN2O5. The summed E-state index contributed by atoms with van der Waals surface area (Å²) in [6.07, 6.45) is 6.84. The third kappa shape index (κ3) is 7.65.